The number of imide groups is 2. The van der Waals surface area contributed by atoms with Crippen molar-refractivity contribution >= 4 is 91.5 Å². The van der Waals surface area contributed by atoms with Crippen LogP contribution in [0.1, 0.15) is 72.0 Å². The number of hydrogen-bond donors (Lipinski definition) is 5. The molecule has 3 aliphatic rings. The Kier molecular flexibility index (Phi) is 11.3. The molecule has 0 saturated carbocycles. The summed E-state index contributed by atoms with van der Waals surface area (Å²) in [5.41, 5.74) is 4.00. The maximum Gasteiger partial charge on any atom is 0.264 e. The lowest BCUT2D eigenvalue weighted by atomic mass is 10.0. The molecule has 300 valence electrons. The molecular formula is C40H36Cl2N6O9S. The monoisotopic (exact) mass is 846 g/mol. The molecular weight excluding hydrogens is 811 g/mol. The highest BCUT2D eigenvalue weighted by molar-refractivity contribution is 7.90. The first kappa shape index (κ1) is 40.4. The number of ether oxygens (including phenoxy) is 1. The molecule has 1 fully saturated rings. The number of benzene rings is 3. The van der Waals surface area contributed by atoms with Gasteiger partial charge in [0.25, 0.3) is 23.6 Å². The fourth-order valence-corrected chi connectivity index (χ4v) is 9.32. The molecule has 58 heavy (non-hydrogen) atoms. The van der Waals surface area contributed by atoms with Crippen molar-refractivity contribution < 1.29 is 41.9 Å². The molecule has 1 aromatic heterocycles. The molecule has 0 aliphatic carbocycles. The number of H-pyrrole nitrogens is 1. The third kappa shape index (κ3) is 7.75. The summed E-state index contributed by atoms with van der Waals surface area (Å²) < 4.78 is 32.5. The summed E-state index contributed by atoms with van der Waals surface area (Å²) >= 11 is 12.5. The van der Waals surface area contributed by atoms with Gasteiger partial charge in [0, 0.05) is 63.4 Å². The standard InChI is InChI=1S/C40H36Cl2N6O9S/c1-20-31(18-25-24-17-22(9-10-29(24)46-36(25)50)58(55,56)19-26-27(41)6-4-7-28(26)42)45-21(2)34(20)38(52)44-14-16-57-15-13-43-30-8-3-5-23-35(30)40(54)48(39(23)53)32-11-12-33(49)47-37(32)51/h3-10,17-18,32,43,45H,11-16,19H2,1-2H3,(H,44,52)(H,46,50)(H,47,49,51)/b25-18-. The Hall–Kier alpha value is -5.81. The fourth-order valence-electron chi connectivity index (χ4n) is 7.20. The molecule has 3 aliphatic heterocycles. The van der Waals surface area contributed by atoms with E-state index in [2.05, 4.69) is 26.3 Å². The summed E-state index contributed by atoms with van der Waals surface area (Å²) in [6.07, 6.45) is 1.66. The SMILES string of the molecule is Cc1[nH]c(/C=C2\C(=O)Nc3ccc(S(=O)(=O)Cc4c(Cl)cccc4Cl)cc32)c(C)c1C(=O)NCCOCCNc1cccc2c1C(=O)N(C1CCC(=O)NC1=O)C2=O. The molecule has 0 radical (unpaired) electrons. The smallest absolute Gasteiger partial charge is 0.264 e. The van der Waals surface area contributed by atoms with Crippen LogP contribution in [0.2, 0.25) is 10.0 Å². The van der Waals surface area contributed by atoms with E-state index in [1.54, 1.807) is 50.3 Å². The number of sulfone groups is 1. The van der Waals surface area contributed by atoms with E-state index in [4.69, 9.17) is 27.9 Å². The molecule has 0 spiro atoms. The van der Waals surface area contributed by atoms with Crippen LogP contribution in [0.15, 0.2) is 59.5 Å². The minimum Gasteiger partial charge on any atom is -0.382 e. The lowest BCUT2D eigenvalue weighted by Gasteiger charge is -2.27. The van der Waals surface area contributed by atoms with Crippen molar-refractivity contribution in [2.24, 2.45) is 0 Å². The first-order valence-electron chi connectivity index (χ1n) is 18.1. The van der Waals surface area contributed by atoms with Gasteiger partial charge in [0.1, 0.15) is 6.04 Å². The number of halogens is 2. The number of piperidine rings is 1. The van der Waals surface area contributed by atoms with Crippen LogP contribution in [0.25, 0.3) is 11.6 Å². The van der Waals surface area contributed by atoms with Crippen LogP contribution in [-0.4, -0.2) is 86.1 Å². The highest BCUT2D eigenvalue weighted by Gasteiger charge is 2.45. The second-order valence-corrected chi connectivity index (χ2v) is 16.6. The highest BCUT2D eigenvalue weighted by atomic mass is 35.5. The number of amides is 6. The number of hydrogen-bond acceptors (Lipinski definition) is 10. The zero-order valence-electron chi connectivity index (χ0n) is 31.1. The average molecular weight is 848 g/mol. The summed E-state index contributed by atoms with van der Waals surface area (Å²) in [7, 11) is -3.91. The molecule has 1 unspecified atom stereocenters. The Morgan fingerprint density at radius 1 is 0.931 bits per heavy atom. The van der Waals surface area contributed by atoms with Crippen LogP contribution < -0.4 is 21.3 Å². The van der Waals surface area contributed by atoms with Crippen LogP contribution >= 0.6 is 23.2 Å². The topological polar surface area (TPSA) is 213 Å². The minimum absolute atomic E-state index is 0.0179. The van der Waals surface area contributed by atoms with E-state index >= 15 is 0 Å². The molecule has 7 rings (SSSR count). The largest absolute Gasteiger partial charge is 0.382 e. The van der Waals surface area contributed by atoms with Crippen LogP contribution in [0.4, 0.5) is 11.4 Å². The van der Waals surface area contributed by atoms with Gasteiger partial charge in [-0.05, 0) is 74.4 Å². The van der Waals surface area contributed by atoms with E-state index < -0.39 is 51.2 Å². The number of aromatic nitrogens is 1. The summed E-state index contributed by atoms with van der Waals surface area (Å²) in [5, 5.41) is 11.3. The van der Waals surface area contributed by atoms with Gasteiger partial charge in [0.15, 0.2) is 9.84 Å². The van der Waals surface area contributed by atoms with Gasteiger partial charge in [-0.15, -0.1) is 0 Å². The molecule has 15 nitrogen and oxygen atoms in total. The molecule has 3 aromatic carbocycles. The summed E-state index contributed by atoms with van der Waals surface area (Å²) in [5.74, 6) is -3.60. The summed E-state index contributed by atoms with van der Waals surface area (Å²) in [6, 6.07) is 12.8. The van der Waals surface area contributed by atoms with E-state index in [9.17, 15) is 37.2 Å². The Morgan fingerprint density at radius 2 is 1.66 bits per heavy atom. The third-order valence-electron chi connectivity index (χ3n) is 10.1. The Labute approximate surface area is 342 Å². The van der Waals surface area contributed by atoms with Crippen LogP contribution in [0.5, 0.6) is 0 Å². The number of aryl methyl sites for hydroxylation is 1. The van der Waals surface area contributed by atoms with Gasteiger partial charge in [-0.1, -0.05) is 35.3 Å². The van der Waals surface area contributed by atoms with Crippen LogP contribution in [-0.2, 0) is 34.7 Å². The summed E-state index contributed by atoms with van der Waals surface area (Å²) in [6.45, 7) is 4.24. The van der Waals surface area contributed by atoms with Gasteiger partial charge >= 0.3 is 0 Å². The highest BCUT2D eigenvalue weighted by Crippen LogP contribution is 2.37. The number of fused-ring (bicyclic) bond motifs is 2. The summed E-state index contributed by atoms with van der Waals surface area (Å²) in [4.78, 5) is 80.8. The first-order chi connectivity index (χ1) is 27.7. The second-order valence-electron chi connectivity index (χ2n) is 13.8. The zero-order chi connectivity index (χ0) is 41.5. The number of carbonyl (C=O) groups excluding carboxylic acids is 6. The Balaban J connectivity index is 0.941. The minimum atomic E-state index is -3.91. The average Bonchev–Trinajstić information content (AvgIpc) is 3.74. The number of nitrogens with zero attached hydrogens (tertiary/aromatic N) is 1. The zero-order valence-corrected chi connectivity index (χ0v) is 33.4. The predicted molar refractivity (Wildman–Crippen MR) is 215 cm³/mol. The maximum atomic E-state index is 13.4. The van der Waals surface area contributed by atoms with E-state index in [0.717, 1.165) is 4.90 Å². The molecule has 5 N–H and O–H groups in total. The maximum absolute atomic E-state index is 13.4. The molecule has 1 atom stereocenters. The Bertz CT molecular complexity index is 2570. The van der Waals surface area contributed by atoms with Gasteiger partial charge < -0.3 is 25.7 Å². The number of nitrogens with one attached hydrogen (secondary N) is 5. The van der Waals surface area contributed by atoms with Crippen molar-refractivity contribution in [3.05, 3.63) is 109 Å². The van der Waals surface area contributed by atoms with Crippen LogP contribution in [0.3, 0.4) is 0 Å². The fraction of sp³-hybridized carbons (Fsp3) is 0.250. The lowest BCUT2D eigenvalue weighted by molar-refractivity contribution is -0.136. The molecule has 0 bridgehead atoms. The first-order valence-corrected chi connectivity index (χ1v) is 20.5. The van der Waals surface area contributed by atoms with Gasteiger partial charge in [-0.25, -0.2) is 8.42 Å². The third-order valence-corrected chi connectivity index (χ3v) is 12.4. The Morgan fingerprint density at radius 3 is 2.40 bits per heavy atom. The second kappa shape index (κ2) is 16.2. The molecule has 18 heteroatoms. The van der Waals surface area contributed by atoms with Crippen molar-refractivity contribution in [3.63, 3.8) is 0 Å². The molecule has 6 amide bonds. The van der Waals surface area contributed by atoms with Crippen molar-refractivity contribution in [3.8, 4) is 0 Å². The lowest BCUT2D eigenvalue weighted by Crippen LogP contribution is -2.54. The van der Waals surface area contributed by atoms with Gasteiger partial charge in [-0.2, -0.15) is 0 Å². The van der Waals surface area contributed by atoms with Crippen molar-refractivity contribution in [1.82, 2.24) is 20.5 Å². The van der Waals surface area contributed by atoms with E-state index in [-0.39, 0.29) is 82.3 Å². The number of carbonyl (C=O) groups is 6. The molecule has 4 aromatic rings. The van der Waals surface area contributed by atoms with Crippen molar-refractivity contribution in [1.29, 1.82) is 0 Å². The normalized spacial score (nSPS) is 17.0. The van der Waals surface area contributed by atoms with Gasteiger partial charge in [-0.3, -0.25) is 39.0 Å². The van der Waals surface area contributed by atoms with E-state index in [1.807, 2.05) is 0 Å². The number of aromatic amines is 1. The number of anilines is 2. The predicted octanol–water partition coefficient (Wildman–Crippen LogP) is 4.66. The van der Waals surface area contributed by atoms with E-state index in [0.29, 0.717) is 39.5 Å². The van der Waals surface area contributed by atoms with Crippen LogP contribution in [0, 0.1) is 13.8 Å². The molecule has 4 heterocycles. The quantitative estimate of drug-likeness (QED) is 0.0713. The van der Waals surface area contributed by atoms with E-state index in [1.165, 1.54) is 24.3 Å². The van der Waals surface area contributed by atoms with Crippen molar-refractivity contribution in [2.75, 3.05) is 36.9 Å². The van der Waals surface area contributed by atoms with Crippen molar-refractivity contribution in [2.45, 2.75) is 43.4 Å². The molecule has 1 saturated heterocycles. The van der Waals surface area contributed by atoms with Gasteiger partial charge in [0.2, 0.25) is 11.8 Å². The van der Waals surface area contributed by atoms with Gasteiger partial charge in [0.05, 0.1) is 46.1 Å². The number of rotatable bonds is 13.